The number of benzene rings is 2. The molecule has 2 N–H and O–H groups in total. The molecule has 3 aromatic heterocycles. The summed E-state index contributed by atoms with van der Waals surface area (Å²) in [6.45, 7) is 11.2. The lowest BCUT2D eigenvalue weighted by molar-refractivity contribution is -0.139. The summed E-state index contributed by atoms with van der Waals surface area (Å²) in [6.07, 6.45) is 1.05. The van der Waals surface area contributed by atoms with Crippen molar-refractivity contribution in [2.75, 3.05) is 39.3 Å². The van der Waals surface area contributed by atoms with Crippen molar-refractivity contribution >= 4 is 28.3 Å². The smallest absolute Gasteiger partial charge is 0.416 e. The van der Waals surface area contributed by atoms with Gasteiger partial charge in [-0.05, 0) is 50.2 Å². The summed E-state index contributed by atoms with van der Waals surface area (Å²) >= 11 is 1.09. The van der Waals surface area contributed by atoms with Gasteiger partial charge in [-0.25, -0.2) is 4.98 Å². The van der Waals surface area contributed by atoms with Crippen LogP contribution in [0.4, 0.5) is 13.2 Å². The fourth-order valence-electron chi connectivity index (χ4n) is 5.89. The van der Waals surface area contributed by atoms with Gasteiger partial charge in [-0.1, -0.05) is 31.2 Å². The van der Waals surface area contributed by atoms with Crippen LogP contribution < -0.4 is 10.5 Å². The van der Waals surface area contributed by atoms with Crippen LogP contribution in [0, 0.1) is 0 Å². The van der Waals surface area contributed by atoms with Crippen molar-refractivity contribution in [2.24, 2.45) is 5.73 Å². The van der Waals surface area contributed by atoms with E-state index in [2.05, 4.69) is 26.8 Å². The number of halogens is 3. The number of primary amides is 1. The molecular weight excluding hydrogens is 615 g/mol. The molecule has 0 unspecified atom stereocenters. The average molecular weight is 652 g/mol. The summed E-state index contributed by atoms with van der Waals surface area (Å²) in [5, 5.41) is 5.17. The molecule has 0 bridgehead atoms. The number of hydrogen-bond donors (Lipinski definition) is 1. The number of likely N-dealkylation sites (N-methyl/N-ethyl adjacent to an activating group) is 1. The van der Waals surface area contributed by atoms with Gasteiger partial charge >= 0.3 is 6.18 Å². The number of fused-ring (bicyclic) bond motifs is 1. The molecule has 0 saturated carbocycles. The number of amides is 1. The van der Waals surface area contributed by atoms with E-state index in [-0.39, 0.29) is 16.2 Å². The third-order valence-corrected chi connectivity index (χ3v) is 9.57. The quantitative estimate of drug-likeness (QED) is 0.182. The zero-order valence-electron chi connectivity index (χ0n) is 25.7. The Hall–Kier alpha value is -4.20. The zero-order valence-corrected chi connectivity index (χ0v) is 26.5. The Labute approximate surface area is 269 Å². The fraction of sp³-hybridized carbons (Fsp3) is 0.364. The lowest BCUT2D eigenvalue weighted by Gasteiger charge is -2.33. The first-order chi connectivity index (χ1) is 22.1. The van der Waals surface area contributed by atoms with E-state index in [1.807, 2.05) is 35.3 Å². The molecule has 46 heavy (non-hydrogen) atoms. The minimum Gasteiger partial charge on any atom is -0.484 e. The number of aryl methyl sites for hydroxylation is 1. The minimum absolute atomic E-state index is 0.0347. The van der Waals surface area contributed by atoms with Gasteiger partial charge in [0.1, 0.15) is 28.1 Å². The van der Waals surface area contributed by atoms with Crippen molar-refractivity contribution in [1.82, 2.24) is 29.1 Å². The highest BCUT2D eigenvalue weighted by Gasteiger charge is 2.35. The number of carbonyl (C=O) groups excluding carboxylic acids is 1. The van der Waals surface area contributed by atoms with Crippen LogP contribution >= 0.6 is 11.3 Å². The van der Waals surface area contributed by atoms with Crippen LogP contribution in [0.15, 0.2) is 67.3 Å². The average Bonchev–Trinajstić information content (AvgIpc) is 3.79. The van der Waals surface area contributed by atoms with Gasteiger partial charge in [0, 0.05) is 56.1 Å². The van der Waals surface area contributed by atoms with Gasteiger partial charge in [0.2, 0.25) is 0 Å². The molecule has 6 rings (SSSR count). The lowest BCUT2D eigenvalue weighted by atomic mass is 10.0. The number of carbonyl (C=O) groups is 1. The molecule has 1 aliphatic rings. The van der Waals surface area contributed by atoms with Gasteiger partial charge in [0.25, 0.3) is 5.91 Å². The molecule has 4 heterocycles. The van der Waals surface area contributed by atoms with Crippen LogP contribution in [0.1, 0.15) is 47.2 Å². The van der Waals surface area contributed by atoms with E-state index in [4.69, 9.17) is 10.5 Å². The predicted octanol–water partition coefficient (Wildman–Crippen LogP) is 6.24. The number of ether oxygens (including phenoxy) is 1. The standard InChI is InChI=1S/C33H36F3N7O2S/c1-3-40-13-15-41(16-14-40)11-6-12-42-20-24(19-39-42)23-9-10-28-27(17-23)38-21-43(28)30-18-29(31(46-30)32(37)44)45-22(2)25-7-4-5-8-26(25)33(34,35)36/h4-5,7-10,17-22H,3,6,11-16H2,1-2H3,(H2,37,44)/t22-/m1/s1. The molecule has 9 nitrogen and oxygen atoms in total. The Morgan fingerprint density at radius 2 is 1.80 bits per heavy atom. The molecule has 1 amide bonds. The van der Waals surface area contributed by atoms with E-state index in [0.29, 0.717) is 5.00 Å². The monoisotopic (exact) mass is 651 g/mol. The molecule has 13 heteroatoms. The van der Waals surface area contributed by atoms with Crippen molar-refractivity contribution in [2.45, 2.75) is 39.1 Å². The molecule has 0 radical (unpaired) electrons. The first kappa shape index (κ1) is 31.8. The summed E-state index contributed by atoms with van der Waals surface area (Å²) in [5.74, 6) is -0.614. The second kappa shape index (κ2) is 13.3. The number of rotatable bonds is 11. The largest absolute Gasteiger partial charge is 0.484 e. The summed E-state index contributed by atoms with van der Waals surface area (Å²) in [7, 11) is 0. The zero-order chi connectivity index (χ0) is 32.4. The van der Waals surface area contributed by atoms with E-state index in [0.717, 1.165) is 91.8 Å². The van der Waals surface area contributed by atoms with Gasteiger partial charge in [0.15, 0.2) is 0 Å². The van der Waals surface area contributed by atoms with Crippen molar-refractivity contribution in [3.63, 3.8) is 0 Å². The number of hydrogen-bond acceptors (Lipinski definition) is 7. The van der Waals surface area contributed by atoms with E-state index < -0.39 is 23.8 Å². The number of nitrogens with zero attached hydrogens (tertiary/aromatic N) is 6. The SMILES string of the molecule is CCN1CCN(CCCn2cc(-c3ccc4c(c3)ncn4-c3cc(O[C@H](C)c4ccccc4C(F)(F)F)c(C(N)=O)s3)cn2)CC1. The normalized spacial score (nSPS) is 15.4. The summed E-state index contributed by atoms with van der Waals surface area (Å²) in [6, 6.07) is 12.8. The van der Waals surface area contributed by atoms with Crippen LogP contribution in [-0.4, -0.2) is 74.3 Å². The van der Waals surface area contributed by atoms with Crippen LogP contribution in [0.25, 0.3) is 27.2 Å². The fourth-order valence-corrected chi connectivity index (χ4v) is 6.82. The van der Waals surface area contributed by atoms with Crippen LogP contribution in [0.5, 0.6) is 5.75 Å². The Balaban J connectivity index is 1.16. The van der Waals surface area contributed by atoms with Crippen molar-refractivity contribution in [1.29, 1.82) is 0 Å². The molecule has 1 aliphatic heterocycles. The lowest BCUT2D eigenvalue weighted by Crippen LogP contribution is -2.46. The summed E-state index contributed by atoms with van der Waals surface area (Å²) < 4.78 is 50.6. The maximum atomic E-state index is 13.6. The molecule has 1 fully saturated rings. The molecule has 5 aromatic rings. The predicted molar refractivity (Wildman–Crippen MR) is 172 cm³/mol. The minimum atomic E-state index is -4.54. The number of piperazine rings is 1. The molecule has 1 saturated heterocycles. The first-order valence-electron chi connectivity index (χ1n) is 15.3. The Kier molecular flexibility index (Phi) is 9.16. The third-order valence-electron chi connectivity index (χ3n) is 8.44. The highest BCUT2D eigenvalue weighted by molar-refractivity contribution is 7.16. The summed E-state index contributed by atoms with van der Waals surface area (Å²) in [5.41, 5.74) is 8.32. The van der Waals surface area contributed by atoms with E-state index in [1.54, 1.807) is 17.0 Å². The van der Waals surface area contributed by atoms with Crippen molar-refractivity contribution in [3.8, 4) is 21.9 Å². The summed E-state index contributed by atoms with van der Waals surface area (Å²) in [4.78, 5) is 22.0. The van der Waals surface area contributed by atoms with Crippen molar-refractivity contribution < 1.29 is 22.7 Å². The van der Waals surface area contributed by atoms with Gasteiger partial charge in [0.05, 0.1) is 22.8 Å². The molecule has 0 aliphatic carbocycles. The second-order valence-electron chi connectivity index (χ2n) is 11.4. The number of alkyl halides is 3. The Morgan fingerprint density at radius 3 is 2.54 bits per heavy atom. The molecular formula is C33H36F3N7O2S. The first-order valence-corrected chi connectivity index (χ1v) is 16.1. The highest BCUT2D eigenvalue weighted by atomic mass is 32.1. The van der Waals surface area contributed by atoms with Gasteiger partial charge in [-0.15, -0.1) is 11.3 Å². The molecule has 2 aromatic carbocycles. The third kappa shape index (κ3) is 6.81. The topological polar surface area (TPSA) is 94.4 Å². The maximum absolute atomic E-state index is 13.6. The number of imidazole rings is 1. The molecule has 1 atom stereocenters. The molecule has 0 spiro atoms. The molecule has 242 valence electrons. The van der Waals surface area contributed by atoms with Gasteiger partial charge in [-0.2, -0.15) is 18.3 Å². The van der Waals surface area contributed by atoms with Crippen LogP contribution in [0.3, 0.4) is 0 Å². The highest BCUT2D eigenvalue weighted by Crippen LogP contribution is 2.39. The van der Waals surface area contributed by atoms with Crippen LogP contribution in [0.2, 0.25) is 0 Å². The second-order valence-corrected chi connectivity index (χ2v) is 12.5. The van der Waals surface area contributed by atoms with Gasteiger partial charge in [-0.3, -0.25) is 14.0 Å². The van der Waals surface area contributed by atoms with E-state index >= 15 is 0 Å². The number of nitrogens with two attached hydrogens (primary N) is 1. The van der Waals surface area contributed by atoms with E-state index in [1.165, 1.54) is 25.1 Å². The van der Waals surface area contributed by atoms with Crippen LogP contribution in [-0.2, 0) is 12.7 Å². The van der Waals surface area contributed by atoms with Crippen molar-refractivity contribution in [3.05, 3.63) is 83.3 Å². The maximum Gasteiger partial charge on any atom is 0.416 e. The number of aromatic nitrogens is 4. The Bertz CT molecular complexity index is 1820. The van der Waals surface area contributed by atoms with E-state index in [9.17, 15) is 18.0 Å². The van der Waals surface area contributed by atoms with Gasteiger partial charge < -0.3 is 20.3 Å². The Morgan fingerprint density at radius 1 is 1.04 bits per heavy atom. The number of thiophene rings is 1.